The first-order valence-corrected chi connectivity index (χ1v) is 13.2. The maximum atomic E-state index is 12.3. The van der Waals surface area contributed by atoms with Crippen LogP contribution in [-0.4, -0.2) is 19.7 Å². The van der Waals surface area contributed by atoms with Crippen LogP contribution >= 0.6 is 0 Å². The number of rotatable bonds is 10. The molecule has 5 nitrogen and oxygen atoms in total. The minimum absolute atomic E-state index is 0.276. The van der Waals surface area contributed by atoms with E-state index in [0.29, 0.717) is 23.8 Å². The fourth-order valence-electron chi connectivity index (χ4n) is 3.88. The zero-order chi connectivity index (χ0) is 28.2. The Balaban J connectivity index is 1.36. The smallest absolute Gasteiger partial charge is 0.338 e. The molecule has 0 N–H and O–H groups in total. The number of ether oxygens (including phenoxy) is 2. The van der Waals surface area contributed by atoms with Crippen molar-refractivity contribution in [1.29, 1.82) is 0 Å². The Hall–Kier alpha value is -4.79. The largest absolute Gasteiger partial charge is 0.462 e. The number of esters is 1. The number of carbonyl (C=O) groups is 1. The number of allylic oxidation sites excluding steroid dienone is 1. The number of hydrogen-bond donors (Lipinski definition) is 0. The van der Waals surface area contributed by atoms with Gasteiger partial charge in [0.05, 0.1) is 19.3 Å². The van der Waals surface area contributed by atoms with Crippen LogP contribution in [0.15, 0.2) is 109 Å². The SMILES string of the molecule is CCC(C)COC(=O)c1ccc(-c2ccc(-c3ccc(-c4ccc(OC#CC=COOC)cc4)cc3)cc2)cc1. The fourth-order valence-corrected chi connectivity index (χ4v) is 3.88. The Bertz CT molecular complexity index is 1460. The van der Waals surface area contributed by atoms with E-state index in [1.54, 1.807) is 0 Å². The van der Waals surface area contributed by atoms with Gasteiger partial charge in [0.15, 0.2) is 0 Å². The molecule has 0 heterocycles. The summed E-state index contributed by atoms with van der Waals surface area (Å²) in [6.45, 7) is 4.61. The first-order valence-electron chi connectivity index (χ1n) is 13.2. The number of benzene rings is 4. The zero-order valence-corrected chi connectivity index (χ0v) is 22.9. The van der Waals surface area contributed by atoms with E-state index in [4.69, 9.17) is 9.47 Å². The second-order valence-electron chi connectivity index (χ2n) is 9.28. The van der Waals surface area contributed by atoms with Crippen LogP contribution in [0, 0.1) is 17.9 Å². The molecule has 5 heteroatoms. The Morgan fingerprint density at radius 2 is 1.20 bits per heavy atom. The van der Waals surface area contributed by atoms with Crippen molar-refractivity contribution in [2.45, 2.75) is 20.3 Å². The van der Waals surface area contributed by atoms with Crippen molar-refractivity contribution < 1.29 is 24.0 Å². The van der Waals surface area contributed by atoms with Crippen molar-refractivity contribution in [3.8, 4) is 51.2 Å². The minimum Gasteiger partial charge on any atom is -0.462 e. The van der Waals surface area contributed by atoms with Gasteiger partial charge < -0.3 is 14.4 Å². The Labute approximate surface area is 235 Å². The first kappa shape index (κ1) is 28.2. The lowest BCUT2D eigenvalue weighted by molar-refractivity contribution is -0.222. The molecule has 1 unspecified atom stereocenters. The molecule has 0 saturated heterocycles. The van der Waals surface area contributed by atoms with Gasteiger partial charge in [-0.05, 0) is 69.5 Å². The van der Waals surface area contributed by atoms with Gasteiger partial charge in [-0.3, -0.25) is 0 Å². The van der Waals surface area contributed by atoms with E-state index in [0.717, 1.165) is 39.8 Å². The third-order valence-electron chi connectivity index (χ3n) is 6.47. The van der Waals surface area contributed by atoms with Gasteiger partial charge in [0.2, 0.25) is 0 Å². The predicted octanol–water partition coefficient (Wildman–Crippen LogP) is 8.32. The van der Waals surface area contributed by atoms with Crippen LogP contribution in [0.5, 0.6) is 5.75 Å². The van der Waals surface area contributed by atoms with E-state index in [-0.39, 0.29) is 5.97 Å². The quantitative estimate of drug-likeness (QED) is 0.0676. The molecule has 0 aliphatic rings. The molecule has 0 amide bonds. The Morgan fingerprint density at radius 1 is 0.750 bits per heavy atom. The molecule has 202 valence electrons. The molecule has 0 spiro atoms. The highest BCUT2D eigenvalue weighted by Gasteiger charge is 2.10. The number of hydrogen-bond acceptors (Lipinski definition) is 5. The van der Waals surface area contributed by atoms with Crippen LogP contribution in [0.25, 0.3) is 33.4 Å². The Morgan fingerprint density at radius 3 is 1.65 bits per heavy atom. The third kappa shape index (κ3) is 7.86. The molecule has 0 fully saturated rings. The summed E-state index contributed by atoms with van der Waals surface area (Å²) in [4.78, 5) is 21.3. The standard InChI is InChI=1S/C35H32O5/c1-4-26(2)25-39-35(36)33-17-15-31(16-18-33)29-9-7-27(8-10-29)28-11-13-30(14-12-28)32-19-21-34(22-20-32)38-23-5-6-24-40-37-3/h6-22,24,26H,4,25H2,1-3H3. The summed E-state index contributed by atoms with van der Waals surface area (Å²) in [6, 6.07) is 32.2. The van der Waals surface area contributed by atoms with Gasteiger partial charge in [0.25, 0.3) is 0 Å². The van der Waals surface area contributed by atoms with Crippen molar-refractivity contribution in [2.24, 2.45) is 5.92 Å². The van der Waals surface area contributed by atoms with Crippen molar-refractivity contribution in [3.63, 3.8) is 0 Å². The second-order valence-corrected chi connectivity index (χ2v) is 9.28. The van der Waals surface area contributed by atoms with Gasteiger partial charge in [0.1, 0.15) is 18.1 Å². The third-order valence-corrected chi connectivity index (χ3v) is 6.47. The lowest BCUT2D eigenvalue weighted by atomic mass is 9.98. The van der Waals surface area contributed by atoms with E-state index < -0.39 is 0 Å². The highest BCUT2D eigenvalue weighted by molar-refractivity contribution is 5.90. The highest BCUT2D eigenvalue weighted by atomic mass is 17.2. The maximum absolute atomic E-state index is 12.3. The van der Waals surface area contributed by atoms with Gasteiger partial charge in [-0.15, -0.1) is 0 Å². The lowest BCUT2D eigenvalue weighted by Gasteiger charge is -2.10. The molecular weight excluding hydrogens is 500 g/mol. The molecular formula is C35H32O5. The van der Waals surface area contributed by atoms with E-state index in [1.165, 1.54) is 19.4 Å². The highest BCUT2D eigenvalue weighted by Crippen LogP contribution is 2.28. The van der Waals surface area contributed by atoms with Gasteiger partial charge >= 0.3 is 5.97 Å². The average molecular weight is 533 g/mol. The molecule has 1 atom stereocenters. The van der Waals surface area contributed by atoms with Gasteiger partial charge in [0, 0.05) is 6.08 Å². The van der Waals surface area contributed by atoms with Crippen molar-refractivity contribution in [2.75, 3.05) is 13.7 Å². The summed E-state index contributed by atoms with van der Waals surface area (Å²) < 4.78 is 10.8. The molecule has 0 saturated carbocycles. The maximum Gasteiger partial charge on any atom is 0.338 e. The van der Waals surface area contributed by atoms with E-state index in [2.05, 4.69) is 84.2 Å². The van der Waals surface area contributed by atoms with E-state index in [9.17, 15) is 4.79 Å². The predicted molar refractivity (Wildman–Crippen MR) is 158 cm³/mol. The molecule has 4 rings (SSSR count). The van der Waals surface area contributed by atoms with Crippen LogP contribution in [0.3, 0.4) is 0 Å². The summed E-state index contributed by atoms with van der Waals surface area (Å²) in [6.07, 6.45) is 6.38. The summed E-state index contributed by atoms with van der Waals surface area (Å²) in [7, 11) is 1.42. The van der Waals surface area contributed by atoms with Crippen molar-refractivity contribution in [3.05, 3.63) is 115 Å². The summed E-state index contributed by atoms with van der Waals surface area (Å²) in [5.41, 5.74) is 7.18. The monoisotopic (exact) mass is 532 g/mol. The average Bonchev–Trinajstić information content (AvgIpc) is 3.02. The van der Waals surface area contributed by atoms with Gasteiger partial charge in [-0.1, -0.05) is 93.1 Å². The number of carbonyl (C=O) groups excluding carboxylic acids is 1. The molecule has 0 aromatic heterocycles. The minimum atomic E-state index is -0.276. The van der Waals surface area contributed by atoms with Crippen LogP contribution in [0.1, 0.15) is 30.6 Å². The first-order chi connectivity index (χ1) is 19.6. The zero-order valence-electron chi connectivity index (χ0n) is 22.9. The molecule has 40 heavy (non-hydrogen) atoms. The molecule has 4 aromatic rings. The summed E-state index contributed by atoms with van der Waals surface area (Å²) >= 11 is 0. The van der Waals surface area contributed by atoms with Gasteiger partial charge in [-0.2, -0.15) is 4.89 Å². The molecule has 4 aromatic carbocycles. The fraction of sp³-hybridized carbons (Fsp3) is 0.171. The summed E-state index contributed by atoms with van der Waals surface area (Å²) in [5, 5.41) is 0. The van der Waals surface area contributed by atoms with Crippen LogP contribution in [0.4, 0.5) is 0 Å². The van der Waals surface area contributed by atoms with E-state index >= 15 is 0 Å². The molecule has 0 aliphatic carbocycles. The van der Waals surface area contributed by atoms with Crippen LogP contribution < -0.4 is 4.74 Å². The second kappa shape index (κ2) is 14.4. The molecule has 0 bridgehead atoms. The summed E-state index contributed by atoms with van der Waals surface area (Å²) in [5.74, 6) is 3.43. The molecule has 0 aliphatic heterocycles. The lowest BCUT2D eigenvalue weighted by Crippen LogP contribution is -2.11. The van der Waals surface area contributed by atoms with E-state index in [1.807, 2.05) is 48.5 Å². The van der Waals surface area contributed by atoms with Crippen LogP contribution in [0.2, 0.25) is 0 Å². The van der Waals surface area contributed by atoms with Gasteiger partial charge in [-0.25, -0.2) is 4.79 Å². The molecule has 0 radical (unpaired) electrons. The topological polar surface area (TPSA) is 54.0 Å². The normalized spacial score (nSPS) is 11.4. The van der Waals surface area contributed by atoms with Crippen molar-refractivity contribution >= 4 is 5.97 Å². The Kier molecular flexibility index (Phi) is 10.2. The van der Waals surface area contributed by atoms with Crippen LogP contribution in [-0.2, 0) is 14.5 Å². The van der Waals surface area contributed by atoms with Crippen molar-refractivity contribution in [1.82, 2.24) is 0 Å².